The highest BCUT2D eigenvalue weighted by molar-refractivity contribution is 7.09. The van der Waals surface area contributed by atoms with Crippen molar-refractivity contribution in [2.45, 2.75) is 65.0 Å². The molecule has 1 aromatic heterocycles. The van der Waals surface area contributed by atoms with E-state index in [1.54, 1.807) is 11.3 Å². The molecule has 3 N–H and O–H groups in total. The molecule has 0 saturated heterocycles. The van der Waals surface area contributed by atoms with Gasteiger partial charge in [-0.05, 0) is 19.9 Å². The zero-order chi connectivity index (χ0) is 13.2. The van der Waals surface area contributed by atoms with Crippen molar-refractivity contribution in [1.29, 1.82) is 0 Å². The summed E-state index contributed by atoms with van der Waals surface area (Å²) in [6.45, 7) is 6.20. The van der Waals surface area contributed by atoms with E-state index in [2.05, 4.69) is 22.6 Å². The molecule has 0 aliphatic rings. The van der Waals surface area contributed by atoms with Crippen LogP contribution in [0.5, 0.6) is 0 Å². The second-order valence-corrected chi connectivity index (χ2v) is 5.80. The summed E-state index contributed by atoms with van der Waals surface area (Å²) >= 11 is 1.66. The number of hydrogen-bond acceptors (Lipinski definition) is 4. The van der Waals surface area contributed by atoms with Crippen molar-refractivity contribution in [3.8, 4) is 0 Å². The third kappa shape index (κ3) is 6.47. The molecule has 0 aliphatic carbocycles. The third-order valence-corrected chi connectivity index (χ3v) is 4.07. The molecule has 0 fully saturated rings. The standard InChI is InChI=1S/C14H27N3S/c1-3-4-5-6-7-8-9-16-10-13-11-18-14(17-13)12(2)15/h11-12,16H,3-10,15H2,1-2H3. The smallest absolute Gasteiger partial charge is 0.109 e. The fourth-order valence-corrected chi connectivity index (χ4v) is 2.64. The summed E-state index contributed by atoms with van der Waals surface area (Å²) in [6, 6.07) is 0.0577. The average molecular weight is 269 g/mol. The predicted molar refractivity (Wildman–Crippen MR) is 79.8 cm³/mol. The maximum Gasteiger partial charge on any atom is 0.109 e. The van der Waals surface area contributed by atoms with Gasteiger partial charge in [-0.2, -0.15) is 0 Å². The molecular formula is C14H27N3S. The molecule has 0 saturated carbocycles. The predicted octanol–water partition coefficient (Wildman–Crippen LogP) is 3.61. The largest absolute Gasteiger partial charge is 0.322 e. The van der Waals surface area contributed by atoms with Crippen molar-refractivity contribution in [3.63, 3.8) is 0 Å². The van der Waals surface area contributed by atoms with E-state index in [1.807, 2.05) is 6.92 Å². The van der Waals surface area contributed by atoms with Crippen molar-refractivity contribution in [2.24, 2.45) is 5.73 Å². The average Bonchev–Trinajstić information content (AvgIpc) is 2.81. The van der Waals surface area contributed by atoms with Crippen LogP contribution in [0.4, 0.5) is 0 Å². The molecule has 0 aliphatic heterocycles. The Hall–Kier alpha value is -0.450. The van der Waals surface area contributed by atoms with E-state index in [0.717, 1.165) is 23.8 Å². The van der Waals surface area contributed by atoms with Gasteiger partial charge in [0.15, 0.2) is 0 Å². The lowest BCUT2D eigenvalue weighted by Gasteiger charge is -2.03. The Morgan fingerprint density at radius 1 is 1.28 bits per heavy atom. The topological polar surface area (TPSA) is 50.9 Å². The second kappa shape index (κ2) is 9.48. The first-order valence-corrected chi connectivity index (χ1v) is 8.02. The molecule has 1 atom stereocenters. The van der Waals surface area contributed by atoms with E-state index in [1.165, 1.54) is 38.5 Å². The minimum absolute atomic E-state index is 0.0577. The number of nitrogens with one attached hydrogen (secondary N) is 1. The number of hydrogen-bond donors (Lipinski definition) is 2. The van der Waals surface area contributed by atoms with Crippen LogP contribution in [0.25, 0.3) is 0 Å². The normalized spacial score (nSPS) is 12.8. The molecule has 0 radical (unpaired) electrons. The summed E-state index contributed by atoms with van der Waals surface area (Å²) < 4.78 is 0. The van der Waals surface area contributed by atoms with Crippen molar-refractivity contribution in [3.05, 3.63) is 16.1 Å². The molecule has 0 spiro atoms. The number of nitrogens with zero attached hydrogens (tertiary/aromatic N) is 1. The van der Waals surface area contributed by atoms with Crippen LogP contribution in [0.3, 0.4) is 0 Å². The third-order valence-electron chi connectivity index (χ3n) is 2.97. The SMILES string of the molecule is CCCCCCCCNCc1csc(C(C)N)n1. The summed E-state index contributed by atoms with van der Waals surface area (Å²) in [7, 11) is 0. The molecule has 1 aromatic rings. The van der Waals surface area contributed by atoms with Gasteiger partial charge >= 0.3 is 0 Å². The molecule has 3 nitrogen and oxygen atoms in total. The van der Waals surface area contributed by atoms with Crippen LogP contribution in [0, 0.1) is 0 Å². The zero-order valence-electron chi connectivity index (χ0n) is 11.7. The summed E-state index contributed by atoms with van der Waals surface area (Å²) in [5, 5.41) is 6.59. The fourth-order valence-electron chi connectivity index (χ4n) is 1.86. The molecule has 18 heavy (non-hydrogen) atoms. The number of aromatic nitrogens is 1. The first-order chi connectivity index (χ1) is 8.74. The lowest BCUT2D eigenvalue weighted by Crippen LogP contribution is -2.15. The summed E-state index contributed by atoms with van der Waals surface area (Å²) in [5.74, 6) is 0. The number of thiazole rings is 1. The zero-order valence-corrected chi connectivity index (χ0v) is 12.6. The van der Waals surface area contributed by atoms with Gasteiger partial charge in [-0.25, -0.2) is 4.98 Å². The van der Waals surface area contributed by atoms with Gasteiger partial charge in [0.2, 0.25) is 0 Å². The van der Waals surface area contributed by atoms with Crippen LogP contribution in [-0.4, -0.2) is 11.5 Å². The van der Waals surface area contributed by atoms with E-state index in [4.69, 9.17) is 5.73 Å². The Morgan fingerprint density at radius 3 is 2.67 bits per heavy atom. The van der Waals surface area contributed by atoms with Crippen molar-refractivity contribution >= 4 is 11.3 Å². The second-order valence-electron chi connectivity index (χ2n) is 4.91. The first kappa shape index (κ1) is 15.6. The Balaban J connectivity index is 2.00. The van der Waals surface area contributed by atoms with Gasteiger partial charge in [0, 0.05) is 11.9 Å². The molecule has 4 heteroatoms. The quantitative estimate of drug-likeness (QED) is 0.638. The Labute approximate surface area is 115 Å². The van der Waals surface area contributed by atoms with Gasteiger partial charge < -0.3 is 11.1 Å². The molecule has 1 rings (SSSR count). The number of nitrogens with two attached hydrogens (primary N) is 1. The Kier molecular flexibility index (Phi) is 8.22. The van der Waals surface area contributed by atoms with Crippen LogP contribution in [0.15, 0.2) is 5.38 Å². The van der Waals surface area contributed by atoms with Crippen molar-refractivity contribution in [1.82, 2.24) is 10.3 Å². The lowest BCUT2D eigenvalue weighted by molar-refractivity contribution is 0.569. The maximum atomic E-state index is 5.79. The van der Waals surface area contributed by atoms with Crippen LogP contribution in [0.1, 0.15) is 69.1 Å². The van der Waals surface area contributed by atoms with E-state index < -0.39 is 0 Å². The summed E-state index contributed by atoms with van der Waals surface area (Å²) in [6.07, 6.45) is 8.08. The van der Waals surface area contributed by atoms with E-state index >= 15 is 0 Å². The van der Waals surface area contributed by atoms with Crippen molar-refractivity contribution in [2.75, 3.05) is 6.54 Å². The van der Waals surface area contributed by atoms with Gasteiger partial charge in [-0.3, -0.25) is 0 Å². The van der Waals surface area contributed by atoms with E-state index in [0.29, 0.717) is 0 Å². The Bertz CT molecular complexity index is 310. The molecule has 0 bridgehead atoms. The van der Waals surface area contributed by atoms with E-state index in [9.17, 15) is 0 Å². The fraction of sp³-hybridized carbons (Fsp3) is 0.786. The van der Waals surface area contributed by atoms with Crippen LogP contribution < -0.4 is 11.1 Å². The number of unbranched alkanes of at least 4 members (excludes halogenated alkanes) is 5. The highest BCUT2D eigenvalue weighted by Gasteiger charge is 2.05. The van der Waals surface area contributed by atoms with Gasteiger partial charge in [-0.15, -0.1) is 11.3 Å². The molecule has 0 amide bonds. The van der Waals surface area contributed by atoms with Gasteiger partial charge in [-0.1, -0.05) is 39.0 Å². The molecule has 0 aromatic carbocycles. The van der Waals surface area contributed by atoms with Crippen molar-refractivity contribution < 1.29 is 0 Å². The lowest BCUT2D eigenvalue weighted by atomic mass is 10.1. The van der Waals surface area contributed by atoms with Crippen LogP contribution in [-0.2, 0) is 6.54 Å². The van der Waals surface area contributed by atoms with Gasteiger partial charge in [0.1, 0.15) is 5.01 Å². The molecule has 1 heterocycles. The Morgan fingerprint density at radius 2 is 2.00 bits per heavy atom. The monoisotopic (exact) mass is 269 g/mol. The highest BCUT2D eigenvalue weighted by Crippen LogP contribution is 2.15. The first-order valence-electron chi connectivity index (χ1n) is 7.14. The maximum absolute atomic E-state index is 5.79. The van der Waals surface area contributed by atoms with E-state index in [-0.39, 0.29) is 6.04 Å². The molecular weight excluding hydrogens is 242 g/mol. The number of rotatable bonds is 10. The summed E-state index contributed by atoms with van der Waals surface area (Å²) in [4.78, 5) is 4.50. The highest BCUT2D eigenvalue weighted by atomic mass is 32.1. The molecule has 1 unspecified atom stereocenters. The van der Waals surface area contributed by atoms with Gasteiger partial charge in [0.05, 0.1) is 11.7 Å². The van der Waals surface area contributed by atoms with Gasteiger partial charge in [0.25, 0.3) is 0 Å². The molecule has 104 valence electrons. The summed E-state index contributed by atoms with van der Waals surface area (Å²) in [5.41, 5.74) is 6.91. The minimum atomic E-state index is 0.0577. The minimum Gasteiger partial charge on any atom is -0.322 e. The van der Waals surface area contributed by atoms with Crippen LogP contribution in [0.2, 0.25) is 0 Å². The van der Waals surface area contributed by atoms with Crippen LogP contribution >= 0.6 is 11.3 Å².